The third-order valence-corrected chi connectivity index (χ3v) is 3.38. The van der Waals surface area contributed by atoms with Crippen LogP contribution in [0.5, 0.6) is 0 Å². The number of rotatable bonds is 4. The van der Waals surface area contributed by atoms with E-state index in [0.717, 1.165) is 25.8 Å². The lowest BCUT2D eigenvalue weighted by molar-refractivity contribution is -0.142. The average molecular weight is 330 g/mol. The maximum absolute atomic E-state index is 11.7. The zero-order valence-corrected chi connectivity index (χ0v) is 14.6. The van der Waals surface area contributed by atoms with Crippen molar-refractivity contribution in [1.29, 1.82) is 0 Å². The fourth-order valence-electron chi connectivity index (χ4n) is 2.41. The lowest BCUT2D eigenvalue weighted by Crippen LogP contribution is -2.43. The van der Waals surface area contributed by atoms with Crippen molar-refractivity contribution in [3.8, 4) is 0 Å². The highest BCUT2D eigenvalue weighted by Crippen LogP contribution is 2.20. The Hall–Kier alpha value is -1.79. The van der Waals surface area contributed by atoms with Crippen LogP contribution in [0.25, 0.3) is 0 Å². The summed E-state index contributed by atoms with van der Waals surface area (Å²) in [5, 5.41) is 8.51. The van der Waals surface area contributed by atoms with Crippen LogP contribution in [0.3, 0.4) is 0 Å². The minimum atomic E-state index is -0.895. The predicted octanol–water partition coefficient (Wildman–Crippen LogP) is 2.52. The van der Waals surface area contributed by atoms with Crippen LogP contribution in [0.4, 0.5) is 4.79 Å². The van der Waals surface area contributed by atoms with E-state index in [2.05, 4.69) is 11.7 Å². The summed E-state index contributed by atoms with van der Waals surface area (Å²) in [6, 6.07) is 0.333. The molecule has 1 heterocycles. The summed E-state index contributed by atoms with van der Waals surface area (Å²) in [7, 11) is 0. The number of likely N-dealkylation sites (tertiary alicyclic amines) is 1. The van der Waals surface area contributed by atoms with Crippen molar-refractivity contribution in [3.63, 3.8) is 0 Å². The first-order valence-electron chi connectivity index (χ1n) is 8.06. The quantitative estimate of drug-likeness (QED) is 0.823. The number of carbonyl (C=O) groups excluding carboxylic acids is 2. The standard InChI is InChI=1S/C11H19NO3.C5H11NO2/c1-2-9-5-3-4-8-12(9)10(13)6-7-11(14)15;1-5(2,3)8-4(6)7/h9H,2-8H2,1H3,(H,14,15);1-3H3,(H2,6,7). The van der Waals surface area contributed by atoms with Gasteiger partial charge in [-0.3, -0.25) is 9.59 Å². The summed E-state index contributed by atoms with van der Waals surface area (Å²) in [5.74, 6) is -0.891. The van der Waals surface area contributed by atoms with Crippen molar-refractivity contribution < 1.29 is 24.2 Å². The van der Waals surface area contributed by atoms with Gasteiger partial charge in [-0.05, 0) is 46.5 Å². The lowest BCUT2D eigenvalue weighted by Gasteiger charge is -2.35. The van der Waals surface area contributed by atoms with Crippen LogP contribution >= 0.6 is 0 Å². The van der Waals surface area contributed by atoms with Gasteiger partial charge in [0, 0.05) is 19.0 Å². The van der Waals surface area contributed by atoms with E-state index in [-0.39, 0.29) is 18.7 Å². The number of aliphatic carboxylic acids is 1. The molecule has 0 spiro atoms. The van der Waals surface area contributed by atoms with Crippen LogP contribution in [0.15, 0.2) is 0 Å². The molecule has 0 bridgehead atoms. The molecule has 1 saturated heterocycles. The monoisotopic (exact) mass is 330 g/mol. The van der Waals surface area contributed by atoms with Gasteiger partial charge in [0.15, 0.2) is 0 Å². The molecular formula is C16H30N2O5. The molecular weight excluding hydrogens is 300 g/mol. The first-order valence-corrected chi connectivity index (χ1v) is 8.06. The smallest absolute Gasteiger partial charge is 0.405 e. The number of piperidine rings is 1. The Balaban J connectivity index is 0.000000515. The van der Waals surface area contributed by atoms with Gasteiger partial charge in [-0.1, -0.05) is 6.92 Å². The third kappa shape index (κ3) is 10.5. The summed E-state index contributed by atoms with van der Waals surface area (Å²) >= 11 is 0. The van der Waals surface area contributed by atoms with E-state index < -0.39 is 17.7 Å². The molecule has 1 unspecified atom stereocenters. The van der Waals surface area contributed by atoms with E-state index in [1.807, 2.05) is 4.90 Å². The molecule has 1 fully saturated rings. The number of carboxylic acid groups (broad SMARTS) is 1. The molecule has 23 heavy (non-hydrogen) atoms. The van der Waals surface area contributed by atoms with E-state index in [4.69, 9.17) is 10.8 Å². The molecule has 0 aromatic rings. The zero-order chi connectivity index (χ0) is 18.0. The first-order chi connectivity index (χ1) is 10.6. The van der Waals surface area contributed by atoms with Gasteiger partial charge in [0.25, 0.3) is 0 Å². The van der Waals surface area contributed by atoms with E-state index in [0.29, 0.717) is 6.04 Å². The molecule has 2 amide bonds. The van der Waals surface area contributed by atoms with Crippen molar-refractivity contribution in [1.82, 2.24) is 4.90 Å². The Kier molecular flexibility index (Phi) is 9.29. The molecule has 0 aromatic heterocycles. The first kappa shape index (κ1) is 21.2. The maximum Gasteiger partial charge on any atom is 0.405 e. The molecule has 7 nitrogen and oxygen atoms in total. The molecule has 0 saturated carbocycles. The average Bonchev–Trinajstić information content (AvgIpc) is 2.42. The number of carbonyl (C=O) groups is 3. The third-order valence-electron chi connectivity index (χ3n) is 3.38. The normalized spacial score (nSPS) is 17.7. The van der Waals surface area contributed by atoms with Gasteiger partial charge in [-0.25, -0.2) is 4.79 Å². The van der Waals surface area contributed by atoms with Gasteiger partial charge in [-0.15, -0.1) is 0 Å². The highest BCUT2D eigenvalue weighted by atomic mass is 16.6. The lowest BCUT2D eigenvalue weighted by atomic mass is 9.99. The van der Waals surface area contributed by atoms with Crippen molar-refractivity contribution in [3.05, 3.63) is 0 Å². The number of primary amides is 1. The van der Waals surface area contributed by atoms with Crippen molar-refractivity contribution in [2.75, 3.05) is 6.54 Å². The Labute approximate surface area is 138 Å². The topological polar surface area (TPSA) is 110 Å². The number of carboxylic acids is 1. The number of hydrogen-bond donors (Lipinski definition) is 2. The Morgan fingerprint density at radius 3 is 2.22 bits per heavy atom. The van der Waals surface area contributed by atoms with Gasteiger partial charge in [0.05, 0.1) is 6.42 Å². The number of ether oxygens (including phenoxy) is 1. The number of hydrogen-bond acceptors (Lipinski definition) is 4. The predicted molar refractivity (Wildman–Crippen MR) is 86.9 cm³/mol. The van der Waals surface area contributed by atoms with E-state index in [1.54, 1.807) is 20.8 Å². The molecule has 7 heteroatoms. The van der Waals surface area contributed by atoms with Crippen molar-refractivity contribution in [2.24, 2.45) is 5.73 Å². The summed E-state index contributed by atoms with van der Waals surface area (Å²) < 4.78 is 4.58. The van der Waals surface area contributed by atoms with Crippen molar-refractivity contribution in [2.45, 2.75) is 77.9 Å². The summed E-state index contributed by atoms with van der Waals surface area (Å²) in [4.78, 5) is 34.0. The molecule has 1 aliphatic rings. The van der Waals surface area contributed by atoms with E-state index >= 15 is 0 Å². The Morgan fingerprint density at radius 2 is 1.83 bits per heavy atom. The highest BCUT2D eigenvalue weighted by Gasteiger charge is 2.25. The van der Waals surface area contributed by atoms with Gasteiger partial charge in [0.2, 0.25) is 5.91 Å². The summed E-state index contributed by atoms with van der Waals surface area (Å²) in [5.41, 5.74) is 4.26. The fraction of sp³-hybridized carbons (Fsp3) is 0.812. The van der Waals surface area contributed by atoms with Crippen molar-refractivity contribution >= 4 is 18.0 Å². The van der Waals surface area contributed by atoms with Crippen LogP contribution in [0.1, 0.15) is 66.2 Å². The van der Waals surface area contributed by atoms with Gasteiger partial charge >= 0.3 is 12.1 Å². The van der Waals surface area contributed by atoms with Gasteiger partial charge < -0.3 is 20.5 Å². The summed E-state index contributed by atoms with van der Waals surface area (Å²) in [6.45, 7) is 8.16. The van der Waals surface area contributed by atoms with E-state index in [1.165, 1.54) is 6.42 Å². The van der Waals surface area contributed by atoms with Gasteiger partial charge in [-0.2, -0.15) is 0 Å². The maximum atomic E-state index is 11.7. The number of nitrogens with two attached hydrogens (primary N) is 1. The van der Waals surface area contributed by atoms with Crippen LogP contribution in [0, 0.1) is 0 Å². The number of nitrogens with zero attached hydrogens (tertiary/aromatic N) is 1. The van der Waals surface area contributed by atoms with Crippen LogP contribution in [-0.4, -0.2) is 46.2 Å². The molecule has 0 aromatic carbocycles. The van der Waals surface area contributed by atoms with Crippen LogP contribution < -0.4 is 5.73 Å². The molecule has 134 valence electrons. The summed E-state index contributed by atoms with van der Waals surface area (Å²) in [6.07, 6.45) is 3.64. The fourth-order valence-corrected chi connectivity index (χ4v) is 2.41. The zero-order valence-electron chi connectivity index (χ0n) is 14.6. The molecule has 1 rings (SSSR count). The molecule has 0 aliphatic carbocycles. The molecule has 0 radical (unpaired) electrons. The minimum absolute atomic E-state index is 0.00366. The Morgan fingerprint density at radius 1 is 1.22 bits per heavy atom. The number of amides is 2. The van der Waals surface area contributed by atoms with Crippen LogP contribution in [-0.2, 0) is 14.3 Å². The van der Waals surface area contributed by atoms with E-state index in [9.17, 15) is 14.4 Å². The van der Waals surface area contributed by atoms with Gasteiger partial charge in [0.1, 0.15) is 5.60 Å². The molecule has 3 N–H and O–H groups in total. The van der Waals surface area contributed by atoms with Crippen LogP contribution in [0.2, 0.25) is 0 Å². The largest absolute Gasteiger partial charge is 0.481 e. The highest BCUT2D eigenvalue weighted by molar-refractivity contribution is 5.81. The second-order valence-corrected chi connectivity index (χ2v) is 6.57. The molecule has 1 atom stereocenters. The Bertz CT molecular complexity index is 404. The minimum Gasteiger partial charge on any atom is -0.481 e. The SMILES string of the molecule is CC(C)(C)OC(N)=O.CCC1CCCCN1C(=O)CCC(=O)O. The second kappa shape index (κ2) is 10.1. The second-order valence-electron chi connectivity index (χ2n) is 6.57. The molecule has 1 aliphatic heterocycles.